The van der Waals surface area contributed by atoms with Crippen molar-refractivity contribution in [3.8, 4) is 0 Å². The molecular weight excluding hydrogens is 182 g/mol. The molecule has 0 spiro atoms. The highest BCUT2D eigenvalue weighted by Crippen LogP contribution is 1.99. The van der Waals surface area contributed by atoms with Crippen molar-refractivity contribution in [1.82, 2.24) is 5.32 Å². The topological polar surface area (TPSA) is 104 Å². The first-order valence-corrected chi connectivity index (χ1v) is 4.76. The van der Waals surface area contributed by atoms with Crippen LogP contribution in [0, 0.1) is 0 Å². The molecule has 0 bridgehead atoms. The number of hydrogen-bond donors (Lipinski definition) is 2. The summed E-state index contributed by atoms with van der Waals surface area (Å²) in [5.41, 5.74) is 13.2. The predicted octanol–water partition coefficient (Wildman–Crippen LogP) is 0.930. The van der Waals surface area contributed by atoms with E-state index in [1.165, 1.54) is 0 Å². The number of rotatable bonds is 8. The van der Waals surface area contributed by atoms with Gasteiger partial charge in [0, 0.05) is 18.0 Å². The summed E-state index contributed by atoms with van der Waals surface area (Å²) in [5, 5.41) is 6.30. The second-order valence-electron chi connectivity index (χ2n) is 3.01. The summed E-state index contributed by atoms with van der Waals surface area (Å²) in [6, 6.07) is -0.302. The van der Waals surface area contributed by atoms with E-state index in [0.717, 1.165) is 19.3 Å². The fraction of sp³-hybridized carbons (Fsp3) is 0.875. The molecule has 6 nitrogen and oxygen atoms in total. The molecule has 1 atom stereocenters. The van der Waals surface area contributed by atoms with E-state index in [2.05, 4.69) is 22.3 Å². The van der Waals surface area contributed by atoms with Gasteiger partial charge in [-0.05, 0) is 12.0 Å². The van der Waals surface area contributed by atoms with Crippen LogP contribution in [0.4, 0.5) is 0 Å². The summed E-state index contributed by atoms with van der Waals surface area (Å²) in [4.78, 5) is 13.5. The summed E-state index contributed by atoms with van der Waals surface area (Å²) in [7, 11) is 0. The molecule has 0 aromatic rings. The average molecular weight is 199 g/mol. The van der Waals surface area contributed by atoms with Gasteiger partial charge in [-0.3, -0.25) is 4.79 Å². The van der Waals surface area contributed by atoms with E-state index in [-0.39, 0.29) is 11.9 Å². The van der Waals surface area contributed by atoms with E-state index in [9.17, 15) is 4.79 Å². The molecular formula is C8H17N5O. The lowest BCUT2D eigenvalue weighted by atomic mass is 10.1. The number of hydrogen-bond acceptors (Lipinski definition) is 3. The molecule has 0 aliphatic rings. The summed E-state index contributed by atoms with van der Waals surface area (Å²) in [6.07, 6.45) is 2.73. The Bertz CT molecular complexity index is 212. The van der Waals surface area contributed by atoms with E-state index in [4.69, 9.17) is 11.3 Å². The molecule has 3 N–H and O–H groups in total. The Morgan fingerprint density at radius 1 is 1.71 bits per heavy atom. The van der Waals surface area contributed by atoms with Crippen molar-refractivity contribution in [2.75, 3.05) is 13.1 Å². The molecule has 14 heavy (non-hydrogen) atoms. The van der Waals surface area contributed by atoms with Gasteiger partial charge in [-0.1, -0.05) is 24.9 Å². The lowest BCUT2D eigenvalue weighted by Crippen LogP contribution is -2.42. The molecule has 0 heterocycles. The Balaban J connectivity index is 3.72. The lowest BCUT2D eigenvalue weighted by molar-refractivity contribution is -0.120. The van der Waals surface area contributed by atoms with Crippen molar-refractivity contribution in [3.05, 3.63) is 10.4 Å². The third kappa shape index (κ3) is 6.28. The van der Waals surface area contributed by atoms with Crippen molar-refractivity contribution >= 4 is 5.91 Å². The molecule has 0 aliphatic carbocycles. The molecule has 1 unspecified atom stereocenters. The number of azide groups is 1. The highest BCUT2D eigenvalue weighted by Gasteiger charge is 2.12. The number of amides is 1. The number of nitrogens with two attached hydrogens (primary N) is 1. The first kappa shape index (κ1) is 12.7. The molecule has 0 fully saturated rings. The first-order valence-electron chi connectivity index (χ1n) is 4.76. The van der Waals surface area contributed by atoms with Crippen LogP contribution in [0.5, 0.6) is 0 Å². The number of primary amides is 1. The molecule has 0 aliphatic heterocycles. The highest BCUT2D eigenvalue weighted by molar-refractivity contribution is 5.79. The van der Waals surface area contributed by atoms with Crippen LogP contribution in [-0.4, -0.2) is 25.0 Å². The fourth-order valence-corrected chi connectivity index (χ4v) is 1.09. The van der Waals surface area contributed by atoms with Crippen LogP contribution in [0.1, 0.15) is 26.2 Å². The standard InChI is InChI=1S/C8H17N5O/c1-2-3-4-7(8(9)14)11-5-6-12-13-10/h7,11H,2-6H2,1H3,(H2,9,14). The third-order valence-corrected chi connectivity index (χ3v) is 1.86. The maximum atomic E-state index is 10.9. The minimum Gasteiger partial charge on any atom is -0.368 e. The van der Waals surface area contributed by atoms with Gasteiger partial charge in [-0.15, -0.1) is 0 Å². The normalized spacial score (nSPS) is 11.8. The van der Waals surface area contributed by atoms with Gasteiger partial charge in [-0.2, -0.15) is 0 Å². The molecule has 0 saturated heterocycles. The smallest absolute Gasteiger partial charge is 0.234 e. The largest absolute Gasteiger partial charge is 0.368 e. The van der Waals surface area contributed by atoms with Gasteiger partial charge < -0.3 is 11.1 Å². The summed E-state index contributed by atoms with van der Waals surface area (Å²) in [6.45, 7) is 2.88. The molecule has 80 valence electrons. The lowest BCUT2D eigenvalue weighted by Gasteiger charge is -2.13. The SMILES string of the molecule is CCCCC(NCCN=[N+]=[N-])C(N)=O. The number of unbranched alkanes of at least 4 members (excludes halogenated alkanes) is 1. The Morgan fingerprint density at radius 2 is 2.43 bits per heavy atom. The van der Waals surface area contributed by atoms with Crippen LogP contribution in [0.3, 0.4) is 0 Å². The van der Waals surface area contributed by atoms with Crippen molar-refractivity contribution in [2.24, 2.45) is 10.8 Å². The Labute approximate surface area is 83.5 Å². The highest BCUT2D eigenvalue weighted by atomic mass is 16.1. The number of carbonyl (C=O) groups excluding carboxylic acids is 1. The number of carbonyl (C=O) groups is 1. The minimum absolute atomic E-state index is 0.302. The minimum atomic E-state index is -0.348. The summed E-state index contributed by atoms with van der Waals surface area (Å²) in [5.74, 6) is -0.348. The predicted molar refractivity (Wildman–Crippen MR) is 54.5 cm³/mol. The van der Waals surface area contributed by atoms with Crippen LogP contribution in [-0.2, 0) is 4.79 Å². The molecule has 1 amide bonds. The zero-order valence-corrected chi connectivity index (χ0v) is 8.44. The molecule has 0 saturated carbocycles. The maximum Gasteiger partial charge on any atom is 0.234 e. The maximum absolute atomic E-state index is 10.9. The van der Waals surface area contributed by atoms with Gasteiger partial charge in [0.25, 0.3) is 0 Å². The number of nitrogens with zero attached hydrogens (tertiary/aromatic N) is 3. The van der Waals surface area contributed by atoms with Gasteiger partial charge in [0.1, 0.15) is 0 Å². The number of nitrogens with one attached hydrogen (secondary N) is 1. The molecule has 0 aromatic heterocycles. The molecule has 6 heteroatoms. The van der Waals surface area contributed by atoms with Crippen molar-refractivity contribution in [2.45, 2.75) is 32.2 Å². The van der Waals surface area contributed by atoms with E-state index >= 15 is 0 Å². The van der Waals surface area contributed by atoms with Gasteiger partial charge in [0.05, 0.1) is 6.04 Å². The van der Waals surface area contributed by atoms with Gasteiger partial charge >= 0.3 is 0 Å². The van der Waals surface area contributed by atoms with Crippen LogP contribution in [0.25, 0.3) is 10.4 Å². The Kier molecular flexibility index (Phi) is 7.59. The Morgan fingerprint density at radius 3 is 2.93 bits per heavy atom. The van der Waals surface area contributed by atoms with E-state index in [1.807, 2.05) is 0 Å². The zero-order valence-electron chi connectivity index (χ0n) is 8.44. The second kappa shape index (κ2) is 8.34. The summed E-state index contributed by atoms with van der Waals surface area (Å²) >= 11 is 0. The molecule has 0 aromatic carbocycles. The van der Waals surface area contributed by atoms with Crippen LogP contribution < -0.4 is 11.1 Å². The quantitative estimate of drug-likeness (QED) is 0.263. The zero-order chi connectivity index (χ0) is 10.8. The molecule has 0 rings (SSSR count). The average Bonchev–Trinajstić information content (AvgIpc) is 2.16. The van der Waals surface area contributed by atoms with Crippen LogP contribution >= 0.6 is 0 Å². The van der Waals surface area contributed by atoms with Crippen molar-refractivity contribution < 1.29 is 4.79 Å². The first-order chi connectivity index (χ1) is 6.72. The van der Waals surface area contributed by atoms with Gasteiger partial charge in [0.2, 0.25) is 5.91 Å². The second-order valence-corrected chi connectivity index (χ2v) is 3.01. The summed E-state index contributed by atoms with van der Waals surface area (Å²) < 4.78 is 0. The van der Waals surface area contributed by atoms with Crippen LogP contribution in [0.2, 0.25) is 0 Å². The van der Waals surface area contributed by atoms with Crippen molar-refractivity contribution in [3.63, 3.8) is 0 Å². The third-order valence-electron chi connectivity index (χ3n) is 1.86. The van der Waals surface area contributed by atoms with Crippen molar-refractivity contribution in [1.29, 1.82) is 0 Å². The van der Waals surface area contributed by atoms with E-state index in [0.29, 0.717) is 13.1 Å². The van der Waals surface area contributed by atoms with E-state index in [1.54, 1.807) is 0 Å². The van der Waals surface area contributed by atoms with E-state index < -0.39 is 0 Å². The fourth-order valence-electron chi connectivity index (χ4n) is 1.09. The monoisotopic (exact) mass is 199 g/mol. The molecule has 0 radical (unpaired) electrons. The van der Waals surface area contributed by atoms with Gasteiger partial charge in [-0.25, -0.2) is 0 Å². The Hall–Kier alpha value is -1.26. The van der Waals surface area contributed by atoms with Gasteiger partial charge in [0.15, 0.2) is 0 Å². The van der Waals surface area contributed by atoms with Crippen LogP contribution in [0.15, 0.2) is 5.11 Å².